The van der Waals surface area contributed by atoms with Crippen molar-refractivity contribution in [3.63, 3.8) is 0 Å². The molecule has 0 aliphatic carbocycles. The maximum absolute atomic E-state index is 13.9. The Kier molecular flexibility index (Phi) is 7.61. The maximum Gasteiger partial charge on any atom is 0.247 e. The number of halogens is 1. The monoisotopic (exact) mass is 565 g/mol. The number of aryl methyl sites for hydroxylation is 1. The van der Waals surface area contributed by atoms with Crippen LogP contribution in [0.5, 0.6) is 0 Å². The highest BCUT2D eigenvalue weighted by Crippen LogP contribution is 2.36. The third-order valence-corrected chi connectivity index (χ3v) is 7.68. The van der Waals surface area contributed by atoms with Crippen molar-refractivity contribution >= 4 is 39.8 Å². The van der Waals surface area contributed by atoms with Crippen molar-refractivity contribution in [2.75, 3.05) is 31.7 Å². The van der Waals surface area contributed by atoms with Crippen molar-refractivity contribution in [1.29, 1.82) is 0 Å². The van der Waals surface area contributed by atoms with Crippen molar-refractivity contribution in [3.05, 3.63) is 70.4 Å². The van der Waals surface area contributed by atoms with E-state index in [0.717, 1.165) is 34.2 Å². The van der Waals surface area contributed by atoms with Crippen LogP contribution in [0.2, 0.25) is 5.02 Å². The average molecular weight is 566 g/mol. The standard InChI is InChI=1S/C29H32ClN5O5/c1-17-9-18-3-4-20(30)10-23(18)24-13-28(36)35(14-19(24)15-40-17)27(12-22-16-38-7-8-39-22)29(37)31-21-5-6-25-26(11-21)33-34(2)32-25/h3-6,10-11,13-14,17,22,27-28,36H,7-9,12,15-16H2,1-2H3,(H,31,37)/t17?,22-,27?,28?/m1/s1. The summed E-state index contributed by atoms with van der Waals surface area (Å²) in [6.07, 6.45) is 3.29. The van der Waals surface area contributed by atoms with Crippen molar-refractivity contribution in [2.45, 2.75) is 44.2 Å². The molecule has 0 radical (unpaired) electrons. The molecule has 2 aromatic carbocycles. The molecule has 10 nitrogen and oxygen atoms in total. The number of nitrogens with zero attached hydrogens (tertiary/aromatic N) is 4. The number of carbonyl (C=O) groups excluding carboxylic acids is 1. The van der Waals surface area contributed by atoms with E-state index in [1.807, 2.05) is 37.4 Å². The first-order chi connectivity index (χ1) is 19.3. The van der Waals surface area contributed by atoms with Gasteiger partial charge >= 0.3 is 0 Å². The number of amides is 1. The second-order valence-corrected chi connectivity index (χ2v) is 10.9. The maximum atomic E-state index is 13.9. The Morgan fingerprint density at radius 3 is 2.85 bits per heavy atom. The van der Waals surface area contributed by atoms with Gasteiger partial charge in [-0.05, 0) is 66.5 Å². The van der Waals surface area contributed by atoms with Crippen LogP contribution in [-0.4, -0.2) is 81.8 Å². The number of anilines is 1. The third-order valence-electron chi connectivity index (χ3n) is 7.45. The Balaban J connectivity index is 1.33. The summed E-state index contributed by atoms with van der Waals surface area (Å²) in [5.41, 5.74) is 5.78. The van der Waals surface area contributed by atoms with Crippen molar-refractivity contribution in [2.24, 2.45) is 7.05 Å². The molecule has 3 aliphatic heterocycles. The number of rotatable bonds is 5. The van der Waals surface area contributed by atoms with Gasteiger partial charge in [0.2, 0.25) is 5.91 Å². The lowest BCUT2D eigenvalue weighted by Crippen LogP contribution is -2.50. The van der Waals surface area contributed by atoms with Crippen LogP contribution >= 0.6 is 11.6 Å². The Morgan fingerprint density at radius 1 is 1.18 bits per heavy atom. The smallest absolute Gasteiger partial charge is 0.247 e. The summed E-state index contributed by atoms with van der Waals surface area (Å²) in [6, 6.07) is 10.4. The molecule has 40 heavy (non-hydrogen) atoms. The lowest BCUT2D eigenvalue weighted by Gasteiger charge is -2.39. The molecule has 1 saturated heterocycles. The van der Waals surface area contributed by atoms with Gasteiger partial charge in [0.05, 0.1) is 38.6 Å². The highest BCUT2D eigenvalue weighted by Gasteiger charge is 2.35. The number of ether oxygens (including phenoxy) is 3. The molecule has 0 spiro atoms. The molecule has 1 fully saturated rings. The van der Waals surface area contributed by atoms with Gasteiger partial charge in [0.1, 0.15) is 23.3 Å². The molecule has 11 heteroatoms. The number of aliphatic hydroxyl groups excluding tert-OH is 1. The molecule has 3 aliphatic rings. The minimum atomic E-state index is -1.06. The van der Waals surface area contributed by atoms with Crippen LogP contribution < -0.4 is 5.32 Å². The van der Waals surface area contributed by atoms with E-state index in [-0.39, 0.29) is 18.1 Å². The van der Waals surface area contributed by atoms with Gasteiger partial charge < -0.3 is 29.5 Å². The first kappa shape index (κ1) is 26.9. The Hall–Kier alpha value is -3.28. The average Bonchev–Trinajstić information content (AvgIpc) is 3.31. The van der Waals surface area contributed by atoms with Crippen molar-refractivity contribution < 1.29 is 24.1 Å². The zero-order valence-electron chi connectivity index (χ0n) is 22.4. The van der Waals surface area contributed by atoms with E-state index in [1.165, 1.54) is 4.80 Å². The number of hydrogen-bond donors (Lipinski definition) is 2. The van der Waals surface area contributed by atoms with Crippen molar-refractivity contribution in [3.8, 4) is 0 Å². The van der Waals surface area contributed by atoms with E-state index in [0.29, 0.717) is 49.1 Å². The zero-order chi connectivity index (χ0) is 27.8. The molecule has 4 atom stereocenters. The Morgan fingerprint density at radius 2 is 2.02 bits per heavy atom. The van der Waals surface area contributed by atoms with Crippen LogP contribution in [-0.2, 0) is 32.5 Å². The third kappa shape index (κ3) is 5.63. The minimum absolute atomic E-state index is 0.00874. The van der Waals surface area contributed by atoms with Crippen LogP contribution in [0.4, 0.5) is 5.69 Å². The van der Waals surface area contributed by atoms with E-state index < -0.39 is 12.3 Å². The largest absolute Gasteiger partial charge is 0.376 e. The van der Waals surface area contributed by atoms with Gasteiger partial charge in [0.15, 0.2) is 0 Å². The molecule has 210 valence electrons. The highest BCUT2D eigenvalue weighted by atomic mass is 35.5. The summed E-state index contributed by atoms with van der Waals surface area (Å²) >= 11 is 6.38. The van der Waals surface area contributed by atoms with Crippen LogP contribution in [0.1, 0.15) is 24.5 Å². The molecular formula is C29H32ClN5O5. The molecule has 3 unspecified atom stereocenters. The predicted octanol–water partition coefficient (Wildman–Crippen LogP) is 3.30. The fourth-order valence-electron chi connectivity index (χ4n) is 5.51. The predicted molar refractivity (Wildman–Crippen MR) is 151 cm³/mol. The van der Waals surface area contributed by atoms with Crippen LogP contribution in [0, 0.1) is 0 Å². The summed E-state index contributed by atoms with van der Waals surface area (Å²) in [6.45, 7) is 3.73. The van der Waals surface area contributed by atoms with Gasteiger partial charge in [-0.1, -0.05) is 17.7 Å². The van der Waals surface area contributed by atoms with E-state index in [9.17, 15) is 9.90 Å². The number of fused-ring (bicyclic) bond motifs is 4. The Bertz CT molecular complexity index is 1480. The first-order valence-electron chi connectivity index (χ1n) is 13.4. The topological polar surface area (TPSA) is 111 Å². The number of hydrogen-bond acceptors (Lipinski definition) is 8. The second-order valence-electron chi connectivity index (χ2n) is 10.4. The molecule has 0 bridgehead atoms. The van der Waals surface area contributed by atoms with Crippen LogP contribution in [0.3, 0.4) is 0 Å². The van der Waals surface area contributed by atoms with Crippen molar-refractivity contribution in [1.82, 2.24) is 19.9 Å². The summed E-state index contributed by atoms with van der Waals surface area (Å²) in [5, 5.41) is 23.7. The Labute approximate surface area is 237 Å². The second kappa shape index (κ2) is 11.3. The van der Waals surface area contributed by atoms with Gasteiger partial charge in [0, 0.05) is 36.0 Å². The number of aromatic nitrogens is 3. The van der Waals surface area contributed by atoms with E-state index in [1.54, 1.807) is 30.2 Å². The molecular weight excluding hydrogens is 534 g/mol. The summed E-state index contributed by atoms with van der Waals surface area (Å²) in [4.78, 5) is 17.0. The molecule has 4 heterocycles. The van der Waals surface area contributed by atoms with Gasteiger partial charge in [-0.2, -0.15) is 15.0 Å². The van der Waals surface area contributed by atoms with Crippen LogP contribution in [0.25, 0.3) is 16.6 Å². The lowest BCUT2D eigenvalue weighted by atomic mass is 9.88. The number of nitrogens with one attached hydrogen (secondary N) is 1. The molecule has 1 amide bonds. The molecule has 1 aromatic heterocycles. The minimum Gasteiger partial charge on any atom is -0.376 e. The zero-order valence-corrected chi connectivity index (χ0v) is 23.2. The van der Waals surface area contributed by atoms with E-state index in [2.05, 4.69) is 15.5 Å². The van der Waals surface area contributed by atoms with Gasteiger partial charge in [-0.25, -0.2) is 0 Å². The SMILES string of the molecule is CC1Cc2ccc(Cl)cc2C2=CC(O)N(C(C[C@@H]3COCCO3)C(=O)Nc3ccc4nn(C)nc4c3)C=C2CO1. The fraction of sp³-hybridized carbons (Fsp3) is 0.414. The summed E-state index contributed by atoms with van der Waals surface area (Å²) < 4.78 is 17.7. The lowest BCUT2D eigenvalue weighted by molar-refractivity contribution is -0.130. The molecule has 3 aromatic rings. The number of aliphatic hydroxyl groups is 1. The number of carbonyl (C=O) groups is 1. The summed E-state index contributed by atoms with van der Waals surface area (Å²) in [5.74, 6) is -0.284. The van der Waals surface area contributed by atoms with Gasteiger partial charge in [-0.3, -0.25) is 4.79 Å². The van der Waals surface area contributed by atoms with Crippen LogP contribution in [0.15, 0.2) is 54.2 Å². The quantitative estimate of drug-likeness (QED) is 0.485. The molecule has 0 saturated carbocycles. The van der Waals surface area contributed by atoms with Gasteiger partial charge in [-0.15, -0.1) is 0 Å². The molecule has 6 rings (SSSR count). The van der Waals surface area contributed by atoms with E-state index >= 15 is 0 Å². The van der Waals surface area contributed by atoms with Gasteiger partial charge in [0.25, 0.3) is 0 Å². The summed E-state index contributed by atoms with van der Waals surface area (Å²) in [7, 11) is 1.75. The normalized spacial score (nSPS) is 23.8. The molecule has 2 N–H and O–H groups in total. The fourth-order valence-corrected chi connectivity index (χ4v) is 5.68. The first-order valence-corrected chi connectivity index (χ1v) is 13.8. The highest BCUT2D eigenvalue weighted by molar-refractivity contribution is 6.30. The number of benzene rings is 2. The van der Waals surface area contributed by atoms with E-state index in [4.69, 9.17) is 25.8 Å².